The van der Waals surface area contributed by atoms with Crippen LogP contribution in [0, 0.1) is 5.82 Å². The van der Waals surface area contributed by atoms with E-state index in [1.807, 2.05) is 6.07 Å². The summed E-state index contributed by atoms with van der Waals surface area (Å²) in [6.45, 7) is -2.02. The maximum atomic E-state index is 13.0. The highest BCUT2D eigenvalue weighted by Crippen LogP contribution is 2.37. The smallest absolute Gasteiger partial charge is 0.456 e. The Bertz CT molecular complexity index is 2800. The van der Waals surface area contributed by atoms with E-state index >= 15 is 0 Å². The van der Waals surface area contributed by atoms with Crippen molar-refractivity contribution < 1.29 is 64.5 Å². The van der Waals surface area contributed by atoms with E-state index in [2.05, 4.69) is 4.74 Å². The molecule has 5 aromatic carbocycles. The van der Waals surface area contributed by atoms with Crippen molar-refractivity contribution in [3.63, 3.8) is 0 Å². The van der Waals surface area contributed by atoms with Gasteiger partial charge in [0.15, 0.2) is 6.61 Å². The highest BCUT2D eigenvalue weighted by molar-refractivity contribution is 5.89. The summed E-state index contributed by atoms with van der Waals surface area (Å²) in [5.41, 5.74) is 0.714. The monoisotopic (exact) mass is 860 g/mol. The van der Waals surface area contributed by atoms with E-state index in [-0.39, 0.29) is 64.6 Å². The van der Waals surface area contributed by atoms with Gasteiger partial charge in [0, 0.05) is 18.8 Å². The van der Waals surface area contributed by atoms with Gasteiger partial charge in [-0.15, -0.1) is 0 Å². The Morgan fingerprint density at radius 1 is 0.645 bits per heavy atom. The number of esters is 2. The summed E-state index contributed by atoms with van der Waals surface area (Å²) in [4.78, 5) is 49.2. The first-order chi connectivity index (χ1) is 29.5. The molecule has 0 aliphatic rings. The van der Waals surface area contributed by atoms with Crippen molar-refractivity contribution in [1.29, 1.82) is 0 Å². The van der Waals surface area contributed by atoms with Crippen LogP contribution in [0.3, 0.4) is 0 Å². The van der Waals surface area contributed by atoms with Crippen LogP contribution in [-0.4, -0.2) is 47.5 Å². The third-order valence-electron chi connectivity index (χ3n) is 9.56. The maximum Gasteiger partial charge on any atom is 0.456 e. The van der Waals surface area contributed by atoms with Crippen LogP contribution in [0.1, 0.15) is 50.5 Å². The molecule has 0 radical (unpaired) electrons. The topological polar surface area (TPSA) is 153 Å². The number of carbonyl (C=O) groups is 2. The standard InChI is InChI=1S/C26H21FO5.C20H13F5O5/c27-19-12-10-17(11-13-19)14-15-31-23(28)16-21(18-6-2-1-3-7-18)24-25(29)20-8-4-5-9-22(20)32-26(24)30;21-19(22,20(23,24)25)10-29-17(27)12-7-5-11(6-8-12)9-14-16(26)13-3-1-2-4-15(13)30-18(14)28/h1-13,21,29H,14-16H2;1-8,26H,9-10H2. The van der Waals surface area contributed by atoms with Crippen LogP contribution in [0.25, 0.3) is 21.9 Å². The number of halogens is 6. The summed E-state index contributed by atoms with van der Waals surface area (Å²) in [6, 6.07) is 33.0. The molecular weight excluding hydrogens is 826 g/mol. The first kappa shape index (κ1) is 44.2. The molecule has 0 amide bonds. The summed E-state index contributed by atoms with van der Waals surface area (Å²) in [5, 5.41) is 22.0. The number of hydrogen-bond donors (Lipinski definition) is 2. The van der Waals surface area contributed by atoms with Crippen molar-refractivity contribution >= 4 is 33.9 Å². The fraction of sp³-hybridized carbons (Fsp3) is 0.174. The Morgan fingerprint density at radius 2 is 1.19 bits per heavy atom. The predicted octanol–water partition coefficient (Wildman–Crippen LogP) is 9.39. The molecule has 0 saturated carbocycles. The quantitative estimate of drug-likeness (QED) is 0.0690. The zero-order chi connectivity index (χ0) is 44.6. The number of para-hydroxylation sites is 2. The molecule has 0 bridgehead atoms. The Kier molecular flexibility index (Phi) is 13.5. The summed E-state index contributed by atoms with van der Waals surface area (Å²) in [7, 11) is 0. The molecule has 320 valence electrons. The van der Waals surface area contributed by atoms with Crippen LogP contribution in [0.5, 0.6) is 11.5 Å². The van der Waals surface area contributed by atoms with Gasteiger partial charge in [0.1, 0.15) is 28.5 Å². The molecule has 1 atom stereocenters. The molecule has 10 nitrogen and oxygen atoms in total. The molecule has 1 unspecified atom stereocenters. The van der Waals surface area contributed by atoms with Crippen molar-refractivity contribution in [2.75, 3.05) is 13.2 Å². The number of alkyl halides is 5. The summed E-state index contributed by atoms with van der Waals surface area (Å²) in [5.74, 6) is -8.58. The molecule has 2 heterocycles. The van der Waals surface area contributed by atoms with Crippen molar-refractivity contribution in [2.45, 2.75) is 37.3 Å². The summed E-state index contributed by atoms with van der Waals surface area (Å²) >= 11 is 0. The zero-order valence-corrected chi connectivity index (χ0v) is 32.2. The summed E-state index contributed by atoms with van der Waals surface area (Å²) < 4.78 is 95.0. The lowest BCUT2D eigenvalue weighted by molar-refractivity contribution is -0.292. The number of aromatic hydroxyl groups is 2. The van der Waals surface area contributed by atoms with Gasteiger partial charge in [0.25, 0.3) is 0 Å². The molecular formula is C46H34F6O10. The van der Waals surface area contributed by atoms with Gasteiger partial charge >= 0.3 is 35.3 Å². The van der Waals surface area contributed by atoms with Gasteiger partial charge in [-0.1, -0.05) is 78.9 Å². The third kappa shape index (κ3) is 10.5. The van der Waals surface area contributed by atoms with Crippen LogP contribution in [0.4, 0.5) is 26.3 Å². The van der Waals surface area contributed by atoms with E-state index in [4.69, 9.17) is 13.6 Å². The van der Waals surface area contributed by atoms with Crippen molar-refractivity contribution in [2.24, 2.45) is 0 Å². The Morgan fingerprint density at radius 3 is 1.81 bits per heavy atom. The van der Waals surface area contributed by atoms with E-state index in [9.17, 15) is 55.7 Å². The van der Waals surface area contributed by atoms with Crippen molar-refractivity contribution in [1.82, 2.24) is 0 Å². The number of ether oxygens (including phenoxy) is 2. The minimum Gasteiger partial charge on any atom is -0.507 e. The molecule has 0 aliphatic heterocycles. The number of rotatable bonds is 12. The predicted molar refractivity (Wildman–Crippen MR) is 213 cm³/mol. The third-order valence-corrected chi connectivity index (χ3v) is 9.56. The molecule has 0 spiro atoms. The lowest BCUT2D eigenvalue weighted by Crippen LogP contribution is -2.41. The minimum absolute atomic E-state index is 0.0189. The molecule has 7 aromatic rings. The molecule has 0 aliphatic carbocycles. The van der Waals surface area contributed by atoms with Crippen LogP contribution in [0.15, 0.2) is 146 Å². The Balaban J connectivity index is 0.000000207. The highest BCUT2D eigenvalue weighted by atomic mass is 19.4. The molecule has 62 heavy (non-hydrogen) atoms. The molecule has 7 rings (SSSR count). The lowest BCUT2D eigenvalue weighted by atomic mass is 9.88. The largest absolute Gasteiger partial charge is 0.507 e. The van der Waals surface area contributed by atoms with Crippen LogP contribution >= 0.6 is 0 Å². The number of hydrogen-bond acceptors (Lipinski definition) is 10. The van der Waals surface area contributed by atoms with Gasteiger partial charge in [-0.2, -0.15) is 22.0 Å². The van der Waals surface area contributed by atoms with E-state index in [1.54, 1.807) is 78.9 Å². The molecule has 0 fully saturated rings. The number of carbonyl (C=O) groups excluding carboxylic acids is 2. The molecule has 2 N–H and O–H groups in total. The van der Waals surface area contributed by atoms with Gasteiger partial charge in [-0.05, 0) is 65.2 Å². The zero-order valence-electron chi connectivity index (χ0n) is 32.2. The van der Waals surface area contributed by atoms with E-state index < -0.39 is 47.8 Å². The fourth-order valence-electron chi connectivity index (χ4n) is 6.30. The maximum absolute atomic E-state index is 13.0. The Hall–Kier alpha value is -7.36. The average molecular weight is 861 g/mol. The highest BCUT2D eigenvalue weighted by Gasteiger charge is 2.58. The van der Waals surface area contributed by atoms with Crippen LogP contribution in [0.2, 0.25) is 0 Å². The molecule has 16 heteroatoms. The normalized spacial score (nSPS) is 12.0. The lowest BCUT2D eigenvalue weighted by Gasteiger charge is -2.19. The second-order valence-electron chi connectivity index (χ2n) is 13.8. The molecule has 2 aromatic heterocycles. The minimum atomic E-state index is -5.83. The fourth-order valence-corrected chi connectivity index (χ4v) is 6.30. The average Bonchev–Trinajstić information content (AvgIpc) is 3.25. The van der Waals surface area contributed by atoms with Gasteiger partial charge in [0.05, 0.1) is 40.5 Å². The Labute approximate surface area is 347 Å². The van der Waals surface area contributed by atoms with Crippen LogP contribution in [-0.2, 0) is 27.1 Å². The van der Waals surface area contributed by atoms with Crippen molar-refractivity contribution in [3.8, 4) is 11.5 Å². The number of benzene rings is 5. The van der Waals surface area contributed by atoms with Gasteiger partial charge in [-0.3, -0.25) is 4.79 Å². The number of fused-ring (bicyclic) bond motifs is 2. The first-order valence-electron chi connectivity index (χ1n) is 18.7. The second kappa shape index (κ2) is 18.9. The summed E-state index contributed by atoms with van der Waals surface area (Å²) in [6.07, 6.45) is -5.62. The van der Waals surface area contributed by atoms with E-state index in [0.717, 1.165) is 17.7 Å². The van der Waals surface area contributed by atoms with E-state index in [0.29, 0.717) is 28.3 Å². The van der Waals surface area contributed by atoms with Gasteiger partial charge < -0.3 is 28.5 Å². The SMILES string of the molecule is O=C(CC(c1ccccc1)c1c(O)c2ccccc2oc1=O)OCCc1ccc(F)cc1.O=C(OCC(F)(F)C(F)(F)F)c1ccc(Cc2c(O)c3ccccc3oc2=O)cc1. The van der Waals surface area contributed by atoms with Crippen LogP contribution < -0.4 is 11.3 Å². The van der Waals surface area contributed by atoms with Gasteiger partial charge in [0.2, 0.25) is 0 Å². The first-order valence-corrected chi connectivity index (χ1v) is 18.7. The van der Waals surface area contributed by atoms with Gasteiger partial charge in [-0.25, -0.2) is 18.8 Å². The molecule has 0 saturated heterocycles. The van der Waals surface area contributed by atoms with Crippen molar-refractivity contribution in [3.05, 3.63) is 187 Å². The second-order valence-corrected chi connectivity index (χ2v) is 13.8. The van der Waals surface area contributed by atoms with E-state index in [1.165, 1.54) is 30.3 Å².